The molecule has 0 spiro atoms. The molecule has 26 heavy (non-hydrogen) atoms. The molecule has 0 unspecified atom stereocenters. The van der Waals surface area contributed by atoms with Gasteiger partial charge in [0.05, 0.1) is 5.76 Å². The Morgan fingerprint density at radius 1 is 1.19 bits per heavy atom. The van der Waals surface area contributed by atoms with E-state index in [-0.39, 0.29) is 5.76 Å². The molecule has 0 amide bonds. The number of hydrogen-bond acceptors (Lipinski definition) is 4. The van der Waals surface area contributed by atoms with Gasteiger partial charge in [-0.05, 0) is 66.8 Å². The van der Waals surface area contributed by atoms with Crippen LogP contribution in [-0.4, -0.2) is 10.1 Å². The van der Waals surface area contributed by atoms with Crippen LogP contribution < -0.4 is 4.74 Å². The summed E-state index contributed by atoms with van der Waals surface area (Å²) in [5.41, 5.74) is 5.72. The van der Waals surface area contributed by atoms with Crippen molar-refractivity contribution in [1.29, 1.82) is 0 Å². The van der Waals surface area contributed by atoms with E-state index in [1.807, 2.05) is 19.9 Å². The van der Waals surface area contributed by atoms with E-state index < -0.39 is 0 Å². The number of thiophene rings is 1. The van der Waals surface area contributed by atoms with E-state index in [0.717, 1.165) is 35.5 Å². The van der Waals surface area contributed by atoms with Crippen molar-refractivity contribution in [1.82, 2.24) is 4.98 Å². The van der Waals surface area contributed by atoms with Crippen LogP contribution in [0, 0.1) is 13.8 Å². The third kappa shape index (κ3) is 4.07. The van der Waals surface area contributed by atoms with Crippen LogP contribution in [0.2, 0.25) is 0 Å². The van der Waals surface area contributed by atoms with Crippen molar-refractivity contribution >= 4 is 21.4 Å². The van der Waals surface area contributed by atoms with Crippen molar-refractivity contribution in [2.45, 2.75) is 46.6 Å². The van der Waals surface area contributed by atoms with Gasteiger partial charge in [-0.1, -0.05) is 19.6 Å². The second-order valence-corrected chi connectivity index (χ2v) is 7.53. The van der Waals surface area contributed by atoms with Crippen molar-refractivity contribution in [2.75, 3.05) is 0 Å². The third-order valence-electron chi connectivity index (χ3n) is 4.60. The molecule has 1 N–H and O–H groups in total. The predicted octanol–water partition coefficient (Wildman–Crippen LogP) is 6.06. The standard InChI is InChI=1S/C22H25NO2S/c1-5-17-10-20(25-12-18-8-6-14(2)23-16(18)4)11-21-22(17)19(13-26-21)9-7-15(3)24/h6,8,10-11,13,24H,3,5,7,9,12H2,1-2,4H3. The lowest BCUT2D eigenvalue weighted by molar-refractivity contribution is 0.305. The minimum Gasteiger partial charge on any atom is -0.513 e. The van der Waals surface area contributed by atoms with E-state index >= 15 is 0 Å². The summed E-state index contributed by atoms with van der Waals surface area (Å²) >= 11 is 1.73. The Kier molecular flexibility index (Phi) is 5.62. The van der Waals surface area contributed by atoms with Crippen molar-refractivity contribution in [2.24, 2.45) is 0 Å². The molecule has 0 bridgehead atoms. The normalized spacial score (nSPS) is 11.0. The molecule has 2 heterocycles. The molecule has 0 aliphatic carbocycles. The number of pyridine rings is 1. The largest absolute Gasteiger partial charge is 0.513 e. The fourth-order valence-electron chi connectivity index (χ4n) is 3.15. The fraction of sp³-hybridized carbons (Fsp3) is 0.318. The summed E-state index contributed by atoms with van der Waals surface area (Å²) in [6.07, 6.45) is 2.37. The zero-order chi connectivity index (χ0) is 18.7. The molecule has 1 aromatic carbocycles. The second-order valence-electron chi connectivity index (χ2n) is 6.62. The van der Waals surface area contributed by atoms with Gasteiger partial charge in [0.15, 0.2) is 0 Å². The minimum absolute atomic E-state index is 0.240. The van der Waals surface area contributed by atoms with E-state index in [9.17, 15) is 5.11 Å². The van der Waals surface area contributed by atoms with E-state index in [4.69, 9.17) is 4.74 Å². The molecular formula is C22H25NO2S. The number of nitrogens with zero attached hydrogens (tertiary/aromatic N) is 1. The highest BCUT2D eigenvalue weighted by molar-refractivity contribution is 7.17. The van der Waals surface area contributed by atoms with Crippen molar-refractivity contribution in [3.8, 4) is 5.75 Å². The molecule has 0 fully saturated rings. The first-order valence-electron chi connectivity index (χ1n) is 8.93. The molecular weight excluding hydrogens is 342 g/mol. The van der Waals surface area contributed by atoms with Gasteiger partial charge in [0.1, 0.15) is 12.4 Å². The molecule has 0 radical (unpaired) electrons. The minimum atomic E-state index is 0.240. The smallest absolute Gasteiger partial charge is 0.121 e. The maximum atomic E-state index is 9.40. The fourth-order valence-corrected chi connectivity index (χ4v) is 4.22. The number of aliphatic hydroxyl groups is 1. The number of aromatic nitrogens is 1. The number of aliphatic hydroxyl groups excluding tert-OH is 1. The Balaban J connectivity index is 1.84. The van der Waals surface area contributed by atoms with Gasteiger partial charge in [-0.2, -0.15) is 0 Å². The van der Waals surface area contributed by atoms with E-state index in [1.165, 1.54) is 21.2 Å². The number of ether oxygens (including phenoxy) is 1. The number of aryl methyl sites for hydroxylation is 4. The highest BCUT2D eigenvalue weighted by Gasteiger charge is 2.12. The van der Waals surface area contributed by atoms with Gasteiger partial charge in [0.2, 0.25) is 0 Å². The Morgan fingerprint density at radius 2 is 2.00 bits per heavy atom. The lowest BCUT2D eigenvalue weighted by Gasteiger charge is -2.11. The predicted molar refractivity (Wildman–Crippen MR) is 109 cm³/mol. The first-order valence-corrected chi connectivity index (χ1v) is 9.81. The maximum absolute atomic E-state index is 9.40. The van der Waals surface area contributed by atoms with E-state index in [2.05, 4.69) is 42.1 Å². The van der Waals surface area contributed by atoms with Crippen molar-refractivity contribution in [3.05, 3.63) is 70.1 Å². The average Bonchev–Trinajstić information content (AvgIpc) is 3.01. The molecule has 4 heteroatoms. The van der Waals surface area contributed by atoms with Crippen LogP contribution in [0.15, 0.2) is 42.0 Å². The first-order chi connectivity index (χ1) is 12.5. The lowest BCUT2D eigenvalue weighted by Crippen LogP contribution is -2.01. The van der Waals surface area contributed by atoms with Crippen LogP contribution in [-0.2, 0) is 19.4 Å². The summed E-state index contributed by atoms with van der Waals surface area (Å²) in [4.78, 5) is 4.50. The van der Waals surface area contributed by atoms with E-state index in [1.54, 1.807) is 11.3 Å². The highest BCUT2D eigenvalue weighted by Crippen LogP contribution is 2.34. The molecule has 3 rings (SSSR count). The number of hydrogen-bond donors (Lipinski definition) is 1. The summed E-state index contributed by atoms with van der Waals surface area (Å²) in [7, 11) is 0. The van der Waals surface area contributed by atoms with Crippen LogP contribution >= 0.6 is 11.3 Å². The molecule has 136 valence electrons. The zero-order valence-corrected chi connectivity index (χ0v) is 16.4. The van der Waals surface area contributed by atoms with Gasteiger partial charge >= 0.3 is 0 Å². The van der Waals surface area contributed by atoms with Gasteiger partial charge in [-0.15, -0.1) is 11.3 Å². The summed E-state index contributed by atoms with van der Waals surface area (Å²) in [6.45, 7) is 10.3. The Hall–Kier alpha value is -2.33. The topological polar surface area (TPSA) is 42.4 Å². The van der Waals surface area contributed by atoms with Crippen LogP contribution in [0.4, 0.5) is 0 Å². The molecule has 0 aliphatic heterocycles. The molecule has 3 aromatic rings. The first kappa shape index (κ1) is 18.5. The number of benzene rings is 1. The summed E-state index contributed by atoms with van der Waals surface area (Å²) in [6, 6.07) is 8.37. The molecule has 0 aliphatic rings. The molecule has 0 saturated heterocycles. The molecule has 0 atom stereocenters. The number of allylic oxidation sites excluding steroid dienone is 1. The SMILES string of the molecule is C=C(O)CCc1csc2cc(OCc3ccc(C)nc3C)cc(CC)c12. The Labute approximate surface area is 159 Å². The van der Waals surface area contributed by atoms with Gasteiger partial charge < -0.3 is 9.84 Å². The van der Waals surface area contributed by atoms with Gasteiger partial charge in [-0.3, -0.25) is 4.98 Å². The summed E-state index contributed by atoms with van der Waals surface area (Å²) < 4.78 is 7.32. The number of rotatable bonds is 7. The maximum Gasteiger partial charge on any atom is 0.121 e. The quantitative estimate of drug-likeness (QED) is 0.516. The van der Waals surface area contributed by atoms with Crippen molar-refractivity contribution in [3.63, 3.8) is 0 Å². The summed E-state index contributed by atoms with van der Waals surface area (Å²) in [5, 5.41) is 12.9. The molecule has 2 aromatic heterocycles. The second kappa shape index (κ2) is 7.92. The Morgan fingerprint density at radius 3 is 2.69 bits per heavy atom. The highest BCUT2D eigenvalue weighted by atomic mass is 32.1. The van der Waals surface area contributed by atoms with Crippen LogP contribution in [0.25, 0.3) is 10.1 Å². The lowest BCUT2D eigenvalue weighted by atomic mass is 10.0. The Bertz CT molecular complexity index is 943. The average molecular weight is 368 g/mol. The van der Waals surface area contributed by atoms with Gasteiger partial charge in [-0.25, -0.2) is 0 Å². The van der Waals surface area contributed by atoms with Gasteiger partial charge in [0.25, 0.3) is 0 Å². The van der Waals surface area contributed by atoms with Crippen LogP contribution in [0.5, 0.6) is 5.75 Å². The zero-order valence-electron chi connectivity index (χ0n) is 15.6. The number of fused-ring (bicyclic) bond motifs is 1. The summed E-state index contributed by atoms with van der Waals surface area (Å²) in [5.74, 6) is 1.14. The molecule has 3 nitrogen and oxygen atoms in total. The van der Waals surface area contributed by atoms with Crippen LogP contribution in [0.1, 0.15) is 41.4 Å². The monoisotopic (exact) mass is 367 g/mol. The van der Waals surface area contributed by atoms with Gasteiger partial charge in [0, 0.05) is 28.1 Å². The van der Waals surface area contributed by atoms with E-state index in [0.29, 0.717) is 13.0 Å². The van der Waals surface area contributed by atoms with Crippen LogP contribution in [0.3, 0.4) is 0 Å². The molecule has 0 saturated carbocycles. The van der Waals surface area contributed by atoms with Crippen molar-refractivity contribution < 1.29 is 9.84 Å². The third-order valence-corrected chi connectivity index (χ3v) is 5.58.